The molecule has 2 aliphatic rings. The van der Waals surface area contributed by atoms with E-state index in [0.29, 0.717) is 10.0 Å². The highest BCUT2D eigenvalue weighted by Crippen LogP contribution is 2.50. The third kappa shape index (κ3) is 3.55. The molecule has 29 heavy (non-hydrogen) atoms. The molecule has 4 nitrogen and oxygen atoms in total. The topological polar surface area (TPSA) is 55.0 Å². The van der Waals surface area contributed by atoms with Gasteiger partial charge in [-0.25, -0.2) is 4.98 Å². The number of anilines is 1. The lowest BCUT2D eigenvalue weighted by Gasteiger charge is -2.41. The number of piperidine rings is 1. The SMILES string of the molecule is N[C@@H]1c2ncccc2CC12CCN(c1ncc(Sc3cccc(Cl)c3Cl)s1)CC2. The molecule has 0 radical (unpaired) electrons. The molecule has 2 N–H and O–H groups in total. The van der Waals surface area contributed by atoms with Gasteiger partial charge >= 0.3 is 0 Å². The average molecular weight is 463 g/mol. The van der Waals surface area contributed by atoms with E-state index in [1.807, 2.05) is 30.6 Å². The van der Waals surface area contributed by atoms with Gasteiger partial charge in [-0.15, -0.1) is 0 Å². The largest absolute Gasteiger partial charge is 0.348 e. The highest BCUT2D eigenvalue weighted by atomic mass is 35.5. The van der Waals surface area contributed by atoms with Crippen LogP contribution in [0.4, 0.5) is 5.13 Å². The Labute approximate surface area is 188 Å². The summed E-state index contributed by atoms with van der Waals surface area (Å²) >= 11 is 15.8. The first-order chi connectivity index (χ1) is 14.1. The number of aromatic nitrogens is 2. The minimum atomic E-state index is 0.0354. The fourth-order valence-electron chi connectivity index (χ4n) is 4.41. The molecular weight excluding hydrogens is 443 g/mol. The van der Waals surface area contributed by atoms with Gasteiger partial charge in [-0.05, 0) is 48.4 Å². The van der Waals surface area contributed by atoms with E-state index in [1.165, 1.54) is 5.56 Å². The molecule has 1 aromatic carbocycles. The Morgan fingerprint density at radius 3 is 2.76 bits per heavy atom. The van der Waals surface area contributed by atoms with Crippen molar-refractivity contribution in [3.63, 3.8) is 0 Å². The third-order valence-corrected chi connectivity index (χ3v) is 9.20. The number of hydrogen-bond donors (Lipinski definition) is 1. The van der Waals surface area contributed by atoms with Crippen LogP contribution in [0, 0.1) is 5.41 Å². The first-order valence-corrected chi connectivity index (χ1v) is 12.0. The first kappa shape index (κ1) is 19.6. The second-order valence-corrected chi connectivity index (χ2v) is 10.8. The highest BCUT2D eigenvalue weighted by Gasteiger charge is 2.46. The van der Waals surface area contributed by atoms with Crippen LogP contribution in [0.2, 0.25) is 10.0 Å². The summed E-state index contributed by atoms with van der Waals surface area (Å²) in [6, 6.07) is 9.93. The maximum atomic E-state index is 6.64. The molecule has 1 spiro atoms. The van der Waals surface area contributed by atoms with Crippen molar-refractivity contribution >= 4 is 51.4 Å². The van der Waals surface area contributed by atoms with Crippen molar-refractivity contribution in [3.8, 4) is 0 Å². The van der Waals surface area contributed by atoms with Gasteiger partial charge in [0, 0.05) is 24.2 Å². The molecule has 0 saturated carbocycles. The summed E-state index contributed by atoms with van der Waals surface area (Å²) < 4.78 is 1.11. The lowest BCUT2D eigenvalue weighted by molar-refractivity contribution is 0.186. The standard InChI is InChI=1S/C21H20Cl2N4S2/c22-14-4-1-5-15(17(14)23)28-16-12-26-20(29-16)27-9-6-21(7-10-27)11-13-3-2-8-25-18(13)19(21)24/h1-5,8,12,19H,6-7,9-11,24H2/t19-/m1/s1. The molecule has 8 heteroatoms. The fourth-order valence-corrected chi connectivity index (χ4v) is 6.91. The van der Waals surface area contributed by atoms with Crippen molar-refractivity contribution in [1.29, 1.82) is 0 Å². The number of nitrogens with two attached hydrogens (primary N) is 1. The molecule has 3 aromatic rings. The van der Waals surface area contributed by atoms with Gasteiger partial charge in [0.25, 0.3) is 0 Å². The predicted molar refractivity (Wildman–Crippen MR) is 121 cm³/mol. The molecule has 1 saturated heterocycles. The summed E-state index contributed by atoms with van der Waals surface area (Å²) in [4.78, 5) is 12.5. The monoisotopic (exact) mass is 462 g/mol. The minimum Gasteiger partial charge on any atom is -0.348 e. The van der Waals surface area contributed by atoms with Crippen LogP contribution in [0.25, 0.3) is 0 Å². The van der Waals surface area contributed by atoms with Crippen molar-refractivity contribution in [2.75, 3.05) is 18.0 Å². The molecule has 150 valence electrons. The maximum absolute atomic E-state index is 6.64. The quantitative estimate of drug-likeness (QED) is 0.529. The zero-order valence-corrected chi connectivity index (χ0v) is 18.8. The van der Waals surface area contributed by atoms with Crippen LogP contribution in [0.3, 0.4) is 0 Å². The van der Waals surface area contributed by atoms with Gasteiger partial charge in [0.1, 0.15) is 0 Å². The number of halogens is 2. The molecule has 0 amide bonds. The molecule has 1 aliphatic heterocycles. The second kappa shape index (κ2) is 7.75. The molecule has 1 aliphatic carbocycles. The molecule has 0 unspecified atom stereocenters. The summed E-state index contributed by atoms with van der Waals surface area (Å²) in [5, 5.41) is 2.23. The number of rotatable bonds is 3. The Morgan fingerprint density at radius 2 is 1.97 bits per heavy atom. The summed E-state index contributed by atoms with van der Waals surface area (Å²) in [6.45, 7) is 1.94. The Morgan fingerprint density at radius 1 is 1.14 bits per heavy atom. The minimum absolute atomic E-state index is 0.0354. The Hall–Kier alpha value is -1.31. The van der Waals surface area contributed by atoms with Gasteiger partial charge in [-0.1, -0.05) is 58.4 Å². The van der Waals surface area contributed by atoms with E-state index < -0.39 is 0 Å². The van der Waals surface area contributed by atoms with Crippen molar-refractivity contribution in [3.05, 3.63) is 64.0 Å². The lowest BCUT2D eigenvalue weighted by atomic mass is 9.73. The maximum Gasteiger partial charge on any atom is 0.186 e. The van der Waals surface area contributed by atoms with Crippen LogP contribution in [0.1, 0.15) is 30.1 Å². The average Bonchev–Trinajstić information content (AvgIpc) is 3.30. The van der Waals surface area contributed by atoms with Crippen LogP contribution < -0.4 is 10.6 Å². The van der Waals surface area contributed by atoms with Crippen LogP contribution in [0.5, 0.6) is 0 Å². The van der Waals surface area contributed by atoms with E-state index in [0.717, 1.165) is 52.3 Å². The first-order valence-electron chi connectivity index (χ1n) is 9.58. The van der Waals surface area contributed by atoms with Crippen LogP contribution >= 0.6 is 46.3 Å². The number of benzene rings is 1. The normalized spacial score (nSPS) is 20.2. The van der Waals surface area contributed by atoms with E-state index in [1.54, 1.807) is 29.2 Å². The summed E-state index contributed by atoms with van der Waals surface area (Å²) in [6.07, 6.45) is 6.94. The summed E-state index contributed by atoms with van der Waals surface area (Å²) in [5.74, 6) is 0. The molecule has 1 fully saturated rings. The van der Waals surface area contributed by atoms with Crippen molar-refractivity contribution in [1.82, 2.24) is 9.97 Å². The molecular formula is C21H20Cl2N4S2. The molecule has 0 bridgehead atoms. The Balaban J connectivity index is 1.27. The molecule has 5 rings (SSSR count). The van der Waals surface area contributed by atoms with E-state index in [-0.39, 0.29) is 11.5 Å². The van der Waals surface area contributed by atoms with Gasteiger partial charge in [0.15, 0.2) is 5.13 Å². The highest BCUT2D eigenvalue weighted by molar-refractivity contribution is 8.01. The number of pyridine rings is 1. The van der Waals surface area contributed by atoms with Crippen molar-refractivity contribution in [2.24, 2.45) is 11.1 Å². The molecule has 3 heterocycles. The van der Waals surface area contributed by atoms with Crippen LogP contribution in [0.15, 0.2) is 51.8 Å². The van der Waals surface area contributed by atoms with E-state index in [4.69, 9.17) is 28.9 Å². The number of hydrogen-bond acceptors (Lipinski definition) is 6. The van der Waals surface area contributed by atoms with Crippen molar-refractivity contribution < 1.29 is 0 Å². The zero-order valence-electron chi connectivity index (χ0n) is 15.6. The van der Waals surface area contributed by atoms with Crippen molar-refractivity contribution in [2.45, 2.75) is 34.4 Å². The van der Waals surface area contributed by atoms with Crippen LogP contribution in [-0.4, -0.2) is 23.1 Å². The van der Waals surface area contributed by atoms with Gasteiger partial charge in [-0.3, -0.25) is 4.98 Å². The summed E-state index contributed by atoms with van der Waals surface area (Å²) in [7, 11) is 0. The van der Waals surface area contributed by atoms with Gasteiger partial charge in [0.2, 0.25) is 0 Å². The predicted octanol–water partition coefficient (Wildman–Crippen LogP) is 5.84. The smallest absolute Gasteiger partial charge is 0.186 e. The molecule has 2 aromatic heterocycles. The zero-order chi connectivity index (χ0) is 20.0. The molecule has 1 atom stereocenters. The lowest BCUT2D eigenvalue weighted by Crippen LogP contribution is -2.44. The van der Waals surface area contributed by atoms with E-state index in [9.17, 15) is 0 Å². The van der Waals surface area contributed by atoms with Crippen LogP contribution in [-0.2, 0) is 6.42 Å². The third-order valence-electron chi connectivity index (χ3n) is 6.05. The Bertz CT molecular complexity index is 1050. The Kier molecular flexibility index (Phi) is 5.25. The van der Waals surface area contributed by atoms with E-state index >= 15 is 0 Å². The number of fused-ring (bicyclic) bond motifs is 1. The van der Waals surface area contributed by atoms with Gasteiger partial charge in [0.05, 0.1) is 32.2 Å². The number of nitrogens with zero attached hydrogens (tertiary/aromatic N) is 3. The van der Waals surface area contributed by atoms with E-state index in [2.05, 4.69) is 20.9 Å². The fraction of sp³-hybridized carbons (Fsp3) is 0.333. The second-order valence-electron chi connectivity index (χ2n) is 7.67. The summed E-state index contributed by atoms with van der Waals surface area (Å²) in [5.41, 5.74) is 9.18. The van der Waals surface area contributed by atoms with Gasteiger partial charge < -0.3 is 10.6 Å². The number of thiazole rings is 1. The van der Waals surface area contributed by atoms with Gasteiger partial charge in [-0.2, -0.15) is 0 Å².